The summed E-state index contributed by atoms with van der Waals surface area (Å²) in [4.78, 5) is 12.4. The molecule has 1 heterocycles. The van der Waals surface area contributed by atoms with Gasteiger partial charge < -0.3 is 24.6 Å². The number of nitrogens with zero attached hydrogens (tertiary/aromatic N) is 2. The number of methoxy groups -OCH3 is 2. The molecule has 3 rings (SSSR count). The highest BCUT2D eigenvalue weighted by Gasteiger charge is 2.15. The maximum atomic E-state index is 12.4. The smallest absolute Gasteiger partial charge is 0.251 e. The summed E-state index contributed by atoms with van der Waals surface area (Å²) < 4.78 is 18.0. The lowest BCUT2D eigenvalue weighted by molar-refractivity contribution is 0.0833. The van der Waals surface area contributed by atoms with Crippen LogP contribution in [0.5, 0.6) is 17.2 Å². The van der Waals surface area contributed by atoms with Crippen LogP contribution in [0, 0.1) is 6.92 Å². The molecule has 2 aromatic carbocycles. The van der Waals surface area contributed by atoms with Crippen LogP contribution in [0.25, 0.3) is 5.69 Å². The van der Waals surface area contributed by atoms with Crippen molar-refractivity contribution in [2.24, 2.45) is 0 Å². The predicted octanol–water partition coefficient (Wildman–Crippen LogP) is 2.37. The predicted molar refractivity (Wildman–Crippen MR) is 112 cm³/mol. The monoisotopic (exact) mass is 411 g/mol. The first kappa shape index (κ1) is 21.2. The summed E-state index contributed by atoms with van der Waals surface area (Å²) in [6.07, 6.45) is 0.814. The zero-order valence-electron chi connectivity index (χ0n) is 17.2. The Bertz CT molecular complexity index is 962. The summed E-state index contributed by atoms with van der Waals surface area (Å²) in [7, 11) is 3.05. The zero-order chi connectivity index (χ0) is 21.5. The summed E-state index contributed by atoms with van der Waals surface area (Å²) in [6.45, 7) is 1.96. The minimum atomic E-state index is -0.908. The Balaban J connectivity index is 1.53. The molecule has 1 amide bonds. The molecule has 1 unspecified atom stereocenters. The minimum Gasteiger partial charge on any atom is -0.493 e. The van der Waals surface area contributed by atoms with E-state index in [1.807, 2.05) is 25.1 Å². The van der Waals surface area contributed by atoms with Crippen molar-refractivity contribution in [1.29, 1.82) is 0 Å². The molecule has 0 bridgehead atoms. The summed E-state index contributed by atoms with van der Waals surface area (Å²) in [5, 5.41) is 17.1. The first-order chi connectivity index (χ1) is 14.5. The number of hydrogen-bond donors (Lipinski definition) is 2. The van der Waals surface area contributed by atoms with Gasteiger partial charge in [-0.05, 0) is 49.4 Å². The number of rotatable bonds is 9. The van der Waals surface area contributed by atoms with Crippen LogP contribution in [-0.4, -0.2) is 54.3 Å². The topological polar surface area (TPSA) is 94.8 Å². The fourth-order valence-corrected chi connectivity index (χ4v) is 2.90. The Hall–Kier alpha value is -3.52. The highest BCUT2D eigenvalue weighted by atomic mass is 16.5. The third-order valence-electron chi connectivity index (χ3n) is 4.51. The van der Waals surface area contributed by atoms with E-state index in [-0.39, 0.29) is 19.1 Å². The van der Waals surface area contributed by atoms with E-state index in [0.29, 0.717) is 22.8 Å². The first-order valence-corrected chi connectivity index (χ1v) is 9.44. The van der Waals surface area contributed by atoms with Gasteiger partial charge in [0.25, 0.3) is 5.91 Å². The van der Waals surface area contributed by atoms with Crippen molar-refractivity contribution >= 4 is 5.91 Å². The van der Waals surface area contributed by atoms with E-state index in [1.54, 1.807) is 41.2 Å². The summed E-state index contributed by atoms with van der Waals surface area (Å²) in [5.41, 5.74) is 2.36. The second-order valence-electron chi connectivity index (χ2n) is 6.60. The SMILES string of the molecule is COc1cccc(OC)c1OCC(O)CNC(=O)c1ccc(-n2nccc2C)cc1. The minimum absolute atomic E-state index is 0.0332. The number of aryl methyl sites for hydroxylation is 1. The van der Waals surface area contributed by atoms with Gasteiger partial charge in [-0.3, -0.25) is 4.79 Å². The molecule has 2 N–H and O–H groups in total. The number of benzene rings is 2. The molecule has 3 aromatic rings. The van der Waals surface area contributed by atoms with Crippen LogP contribution >= 0.6 is 0 Å². The van der Waals surface area contributed by atoms with Crippen molar-refractivity contribution in [3.63, 3.8) is 0 Å². The largest absolute Gasteiger partial charge is 0.493 e. The van der Waals surface area contributed by atoms with Crippen molar-refractivity contribution in [1.82, 2.24) is 15.1 Å². The van der Waals surface area contributed by atoms with Gasteiger partial charge in [0.2, 0.25) is 5.75 Å². The van der Waals surface area contributed by atoms with Crippen molar-refractivity contribution < 1.29 is 24.1 Å². The van der Waals surface area contributed by atoms with Gasteiger partial charge in [0.15, 0.2) is 11.5 Å². The van der Waals surface area contributed by atoms with Crippen LogP contribution in [0.1, 0.15) is 16.1 Å². The number of para-hydroxylation sites is 1. The molecule has 0 aliphatic carbocycles. The lowest BCUT2D eigenvalue weighted by Crippen LogP contribution is -2.35. The number of ether oxygens (including phenoxy) is 3. The van der Waals surface area contributed by atoms with E-state index < -0.39 is 6.10 Å². The molecule has 0 saturated carbocycles. The third kappa shape index (κ3) is 4.90. The Morgan fingerprint density at radius 3 is 2.33 bits per heavy atom. The maximum Gasteiger partial charge on any atom is 0.251 e. The van der Waals surface area contributed by atoms with E-state index in [1.165, 1.54) is 14.2 Å². The second kappa shape index (κ2) is 9.80. The Labute approximate surface area is 175 Å². The molecule has 0 spiro atoms. The van der Waals surface area contributed by atoms with Gasteiger partial charge in [-0.25, -0.2) is 4.68 Å². The van der Waals surface area contributed by atoms with Gasteiger partial charge in [-0.1, -0.05) is 6.07 Å². The van der Waals surface area contributed by atoms with E-state index in [4.69, 9.17) is 14.2 Å². The number of amides is 1. The molecule has 1 aromatic heterocycles. The van der Waals surface area contributed by atoms with Crippen LogP contribution in [0.2, 0.25) is 0 Å². The van der Waals surface area contributed by atoms with E-state index in [2.05, 4.69) is 10.4 Å². The lowest BCUT2D eigenvalue weighted by Gasteiger charge is -2.17. The van der Waals surface area contributed by atoms with Gasteiger partial charge >= 0.3 is 0 Å². The lowest BCUT2D eigenvalue weighted by atomic mass is 10.2. The van der Waals surface area contributed by atoms with Crippen molar-refractivity contribution in [3.8, 4) is 22.9 Å². The highest BCUT2D eigenvalue weighted by Crippen LogP contribution is 2.36. The molecule has 30 heavy (non-hydrogen) atoms. The summed E-state index contributed by atoms with van der Waals surface area (Å²) in [6, 6.07) is 14.2. The molecule has 0 radical (unpaired) electrons. The number of carbonyl (C=O) groups is 1. The average molecular weight is 411 g/mol. The van der Waals surface area contributed by atoms with Crippen LogP contribution in [0.15, 0.2) is 54.7 Å². The Kier molecular flexibility index (Phi) is 6.92. The third-order valence-corrected chi connectivity index (χ3v) is 4.51. The molecular formula is C22H25N3O5. The molecule has 0 fully saturated rings. The van der Waals surface area contributed by atoms with Crippen LogP contribution in [0.3, 0.4) is 0 Å². The average Bonchev–Trinajstić information content (AvgIpc) is 3.21. The van der Waals surface area contributed by atoms with Crippen LogP contribution in [0.4, 0.5) is 0 Å². The van der Waals surface area contributed by atoms with Gasteiger partial charge in [-0.2, -0.15) is 5.10 Å². The second-order valence-corrected chi connectivity index (χ2v) is 6.60. The molecular weight excluding hydrogens is 386 g/mol. The van der Waals surface area contributed by atoms with E-state index in [0.717, 1.165) is 11.4 Å². The molecule has 8 heteroatoms. The summed E-state index contributed by atoms with van der Waals surface area (Å²) >= 11 is 0. The maximum absolute atomic E-state index is 12.4. The summed E-state index contributed by atoms with van der Waals surface area (Å²) in [5.74, 6) is 1.11. The molecule has 0 saturated heterocycles. The fourth-order valence-electron chi connectivity index (χ4n) is 2.90. The normalized spacial score (nSPS) is 11.6. The van der Waals surface area contributed by atoms with Crippen molar-refractivity contribution in [2.45, 2.75) is 13.0 Å². The van der Waals surface area contributed by atoms with Crippen LogP contribution in [-0.2, 0) is 0 Å². The van der Waals surface area contributed by atoms with Gasteiger partial charge in [0.1, 0.15) is 12.7 Å². The standard InChI is InChI=1S/C22H25N3O5/c1-15-11-12-24-25(15)17-9-7-16(8-10-17)22(27)23-13-18(26)14-30-21-19(28-2)5-4-6-20(21)29-3/h4-12,18,26H,13-14H2,1-3H3,(H,23,27). The molecule has 1 atom stereocenters. The molecule has 158 valence electrons. The number of aliphatic hydroxyl groups is 1. The van der Waals surface area contributed by atoms with Crippen molar-refractivity contribution in [2.75, 3.05) is 27.4 Å². The molecule has 8 nitrogen and oxygen atoms in total. The quantitative estimate of drug-likeness (QED) is 0.561. The van der Waals surface area contributed by atoms with E-state index >= 15 is 0 Å². The Morgan fingerprint density at radius 2 is 1.77 bits per heavy atom. The number of aliphatic hydroxyl groups excluding tert-OH is 1. The molecule has 0 aliphatic heterocycles. The van der Waals surface area contributed by atoms with Gasteiger partial charge in [-0.15, -0.1) is 0 Å². The number of carbonyl (C=O) groups excluding carboxylic acids is 1. The van der Waals surface area contributed by atoms with Crippen molar-refractivity contribution in [3.05, 3.63) is 66.0 Å². The van der Waals surface area contributed by atoms with Gasteiger partial charge in [0, 0.05) is 24.0 Å². The molecule has 0 aliphatic rings. The number of hydrogen-bond acceptors (Lipinski definition) is 6. The van der Waals surface area contributed by atoms with Crippen LogP contribution < -0.4 is 19.5 Å². The number of aromatic nitrogens is 2. The fraction of sp³-hybridized carbons (Fsp3) is 0.273. The van der Waals surface area contributed by atoms with E-state index in [9.17, 15) is 9.90 Å². The number of nitrogens with one attached hydrogen (secondary N) is 1. The first-order valence-electron chi connectivity index (χ1n) is 9.44. The Morgan fingerprint density at radius 1 is 1.10 bits per heavy atom. The highest BCUT2D eigenvalue weighted by molar-refractivity contribution is 5.94. The van der Waals surface area contributed by atoms with Gasteiger partial charge in [0.05, 0.1) is 19.9 Å². The zero-order valence-corrected chi connectivity index (χ0v) is 17.2.